The molecule has 0 aromatic heterocycles. The minimum atomic E-state index is -2.84. The molecule has 0 bridgehead atoms. The highest BCUT2D eigenvalue weighted by Crippen LogP contribution is 2.28. The normalized spacial score (nSPS) is 10.5. The lowest BCUT2D eigenvalue weighted by atomic mass is 10.00. The third-order valence-corrected chi connectivity index (χ3v) is 1.98. The van der Waals surface area contributed by atoms with E-state index in [9.17, 15) is 8.78 Å². The van der Waals surface area contributed by atoms with E-state index in [-0.39, 0.29) is 11.7 Å². The highest BCUT2D eigenvalue weighted by molar-refractivity contribution is 5.43. The van der Waals surface area contributed by atoms with Crippen LogP contribution in [0.5, 0.6) is 5.75 Å². The number of halogens is 2. The number of nitrogens with zero attached hydrogens (tertiary/aromatic N) is 1. The highest BCUT2D eigenvalue weighted by atomic mass is 19.3. The molecule has 0 N–H and O–H groups in total. The third kappa shape index (κ3) is 2.91. The number of nitriles is 1. The zero-order valence-electron chi connectivity index (χ0n) is 8.50. The maximum atomic E-state index is 12.1. The van der Waals surface area contributed by atoms with E-state index in [0.29, 0.717) is 11.1 Å². The summed E-state index contributed by atoms with van der Waals surface area (Å²) in [6.07, 6.45) is 0. The van der Waals surface area contributed by atoms with Gasteiger partial charge in [-0.15, -0.1) is 0 Å². The Hall–Kier alpha value is -1.63. The molecule has 0 atom stereocenters. The fourth-order valence-electron chi connectivity index (χ4n) is 1.27. The van der Waals surface area contributed by atoms with Gasteiger partial charge in [-0.2, -0.15) is 14.0 Å². The number of rotatable bonds is 3. The lowest BCUT2D eigenvalue weighted by Gasteiger charge is -2.13. The van der Waals surface area contributed by atoms with E-state index in [1.807, 2.05) is 19.9 Å². The van der Waals surface area contributed by atoms with Gasteiger partial charge in [-0.25, -0.2) is 0 Å². The standard InChI is InChI=1S/C11H11F2NO/c1-7(2)9-5-8(6-14)3-4-10(9)15-11(12)13/h3-5,7,11H,1-2H3. The molecule has 0 aliphatic heterocycles. The average Bonchev–Trinajstić information content (AvgIpc) is 2.17. The van der Waals surface area contributed by atoms with Gasteiger partial charge >= 0.3 is 6.61 Å². The maximum Gasteiger partial charge on any atom is 0.387 e. The molecule has 0 saturated heterocycles. The highest BCUT2D eigenvalue weighted by Gasteiger charge is 2.12. The van der Waals surface area contributed by atoms with Crippen molar-refractivity contribution < 1.29 is 13.5 Å². The van der Waals surface area contributed by atoms with Crippen LogP contribution >= 0.6 is 0 Å². The Morgan fingerprint density at radius 1 is 1.33 bits per heavy atom. The van der Waals surface area contributed by atoms with Gasteiger partial charge < -0.3 is 4.74 Å². The van der Waals surface area contributed by atoms with Crippen LogP contribution in [0.25, 0.3) is 0 Å². The van der Waals surface area contributed by atoms with Crippen LogP contribution in [-0.2, 0) is 0 Å². The van der Waals surface area contributed by atoms with Gasteiger partial charge in [0.05, 0.1) is 11.6 Å². The van der Waals surface area contributed by atoms with Crippen LogP contribution in [0.3, 0.4) is 0 Å². The van der Waals surface area contributed by atoms with Crippen LogP contribution in [-0.4, -0.2) is 6.61 Å². The minimum Gasteiger partial charge on any atom is -0.435 e. The Morgan fingerprint density at radius 2 is 2.00 bits per heavy atom. The fraction of sp³-hybridized carbons (Fsp3) is 0.364. The van der Waals surface area contributed by atoms with Gasteiger partial charge in [-0.3, -0.25) is 0 Å². The summed E-state index contributed by atoms with van der Waals surface area (Å²) in [6, 6.07) is 6.40. The fourth-order valence-corrected chi connectivity index (χ4v) is 1.27. The van der Waals surface area contributed by atoms with Crippen molar-refractivity contribution in [2.24, 2.45) is 0 Å². The van der Waals surface area contributed by atoms with Gasteiger partial charge in [0.1, 0.15) is 5.75 Å². The molecule has 80 valence electrons. The van der Waals surface area contributed by atoms with Crippen LogP contribution in [0.15, 0.2) is 18.2 Å². The smallest absolute Gasteiger partial charge is 0.387 e. The Kier molecular flexibility index (Phi) is 3.62. The molecule has 0 aliphatic carbocycles. The first-order valence-electron chi connectivity index (χ1n) is 4.53. The molecule has 0 amide bonds. The first-order valence-corrected chi connectivity index (χ1v) is 4.53. The molecule has 1 rings (SSSR count). The summed E-state index contributed by atoms with van der Waals surface area (Å²) in [5.41, 5.74) is 1.06. The van der Waals surface area contributed by atoms with Crippen LogP contribution < -0.4 is 4.74 Å². The van der Waals surface area contributed by atoms with Crippen molar-refractivity contribution in [3.05, 3.63) is 29.3 Å². The first-order chi connectivity index (χ1) is 7.04. The molecule has 0 fully saturated rings. The Balaban J connectivity index is 3.11. The second-order valence-electron chi connectivity index (χ2n) is 3.40. The summed E-state index contributed by atoms with van der Waals surface area (Å²) in [6.45, 7) is 0.874. The zero-order valence-corrected chi connectivity index (χ0v) is 8.50. The van der Waals surface area contributed by atoms with Crippen LogP contribution in [0.1, 0.15) is 30.9 Å². The van der Waals surface area contributed by atoms with Crippen LogP contribution in [0, 0.1) is 11.3 Å². The lowest BCUT2D eigenvalue weighted by molar-refractivity contribution is -0.0505. The molecular weight excluding hydrogens is 200 g/mol. The van der Waals surface area contributed by atoms with Crippen molar-refractivity contribution in [3.63, 3.8) is 0 Å². The molecule has 15 heavy (non-hydrogen) atoms. The van der Waals surface area contributed by atoms with Crippen molar-refractivity contribution in [1.29, 1.82) is 5.26 Å². The van der Waals surface area contributed by atoms with Crippen molar-refractivity contribution in [1.82, 2.24) is 0 Å². The SMILES string of the molecule is CC(C)c1cc(C#N)ccc1OC(F)F. The Morgan fingerprint density at radius 3 is 2.47 bits per heavy atom. The number of alkyl halides is 2. The van der Waals surface area contributed by atoms with Gasteiger partial charge in [0, 0.05) is 0 Å². The van der Waals surface area contributed by atoms with Gasteiger partial charge in [0.2, 0.25) is 0 Å². The molecule has 0 radical (unpaired) electrons. The first kappa shape index (κ1) is 11.4. The number of benzene rings is 1. The monoisotopic (exact) mass is 211 g/mol. The van der Waals surface area contributed by atoms with E-state index in [1.165, 1.54) is 12.1 Å². The molecule has 1 aromatic rings. The summed E-state index contributed by atoms with van der Waals surface area (Å²) in [5.74, 6) is 0.172. The van der Waals surface area contributed by atoms with Crippen LogP contribution in [0.2, 0.25) is 0 Å². The predicted octanol–water partition coefficient (Wildman–Crippen LogP) is 3.28. The molecule has 0 unspecified atom stereocenters. The molecule has 0 saturated carbocycles. The maximum absolute atomic E-state index is 12.1. The van der Waals surface area contributed by atoms with Gasteiger partial charge in [-0.1, -0.05) is 13.8 Å². The van der Waals surface area contributed by atoms with Crippen molar-refractivity contribution >= 4 is 0 Å². The predicted molar refractivity (Wildman–Crippen MR) is 51.9 cm³/mol. The molecule has 1 aromatic carbocycles. The van der Waals surface area contributed by atoms with Crippen molar-refractivity contribution in [2.45, 2.75) is 26.4 Å². The number of hydrogen-bond acceptors (Lipinski definition) is 2. The van der Waals surface area contributed by atoms with Crippen molar-refractivity contribution in [2.75, 3.05) is 0 Å². The van der Waals surface area contributed by atoms with E-state index >= 15 is 0 Å². The largest absolute Gasteiger partial charge is 0.435 e. The lowest BCUT2D eigenvalue weighted by Crippen LogP contribution is -2.05. The second-order valence-corrected chi connectivity index (χ2v) is 3.40. The average molecular weight is 211 g/mol. The zero-order chi connectivity index (χ0) is 11.4. The minimum absolute atomic E-state index is 0.0343. The van der Waals surface area contributed by atoms with Gasteiger partial charge in [0.15, 0.2) is 0 Å². The summed E-state index contributed by atoms with van der Waals surface area (Å²) >= 11 is 0. The summed E-state index contributed by atoms with van der Waals surface area (Å²) in [7, 11) is 0. The Bertz CT molecular complexity index is 383. The second kappa shape index (κ2) is 4.74. The van der Waals surface area contributed by atoms with E-state index in [2.05, 4.69) is 4.74 Å². The Labute approximate surface area is 87.1 Å². The van der Waals surface area contributed by atoms with Crippen molar-refractivity contribution in [3.8, 4) is 11.8 Å². The molecular formula is C11H11F2NO. The molecule has 0 spiro atoms. The molecule has 0 heterocycles. The van der Waals surface area contributed by atoms with E-state index < -0.39 is 6.61 Å². The van der Waals surface area contributed by atoms with E-state index in [0.717, 1.165) is 0 Å². The summed E-state index contributed by atoms with van der Waals surface area (Å²) in [5, 5.41) is 8.68. The summed E-state index contributed by atoms with van der Waals surface area (Å²) in [4.78, 5) is 0. The van der Waals surface area contributed by atoms with Gasteiger partial charge in [0.25, 0.3) is 0 Å². The molecule has 4 heteroatoms. The molecule has 2 nitrogen and oxygen atoms in total. The van der Waals surface area contributed by atoms with E-state index in [1.54, 1.807) is 6.07 Å². The molecule has 0 aliphatic rings. The number of hydrogen-bond donors (Lipinski definition) is 0. The topological polar surface area (TPSA) is 33.0 Å². The summed E-state index contributed by atoms with van der Waals surface area (Å²) < 4.78 is 28.5. The van der Waals surface area contributed by atoms with Crippen LogP contribution in [0.4, 0.5) is 8.78 Å². The third-order valence-electron chi connectivity index (χ3n) is 1.98. The number of ether oxygens (including phenoxy) is 1. The van der Waals surface area contributed by atoms with E-state index in [4.69, 9.17) is 5.26 Å². The van der Waals surface area contributed by atoms with Gasteiger partial charge in [-0.05, 0) is 29.7 Å². The quantitative estimate of drug-likeness (QED) is 0.768.